The maximum Gasteiger partial charge on any atom is 0.335 e. The number of aromatic carboxylic acids is 1. The lowest BCUT2D eigenvalue weighted by molar-refractivity contribution is 0.0697. The Morgan fingerprint density at radius 2 is 1.90 bits per heavy atom. The van der Waals surface area contributed by atoms with Gasteiger partial charge in [-0.25, -0.2) is 4.79 Å². The van der Waals surface area contributed by atoms with E-state index in [-0.39, 0.29) is 16.1 Å². The lowest BCUT2D eigenvalue weighted by Crippen LogP contribution is -2.24. The number of pyridine rings is 1. The highest BCUT2D eigenvalue weighted by atomic mass is 79.9. The van der Waals surface area contributed by atoms with Gasteiger partial charge in [-0.05, 0) is 69.9 Å². The van der Waals surface area contributed by atoms with Crippen molar-refractivity contribution in [3.63, 3.8) is 0 Å². The molecule has 154 valence electrons. The van der Waals surface area contributed by atoms with Crippen LogP contribution in [0.2, 0.25) is 5.02 Å². The van der Waals surface area contributed by atoms with Crippen LogP contribution in [0.15, 0.2) is 63.9 Å². The molecule has 3 rings (SSSR count). The Balaban J connectivity index is 1.90. The molecule has 30 heavy (non-hydrogen) atoms. The molecule has 0 amide bonds. The van der Waals surface area contributed by atoms with Crippen LogP contribution in [0.3, 0.4) is 0 Å². The standard InChI is InChI=1S/C23H19BrClNO4/c1-30-18-4-2-3-16(13-18)7-10-21-19(24)14-20(25)22(27)26(21)12-11-15-5-8-17(9-6-15)23(28)29/h2-10,13-14H,11-12H2,1H3,(H,28,29). The first-order chi connectivity index (χ1) is 14.4. The number of hydrogen-bond acceptors (Lipinski definition) is 3. The van der Waals surface area contributed by atoms with Crippen molar-refractivity contribution in [3.8, 4) is 5.75 Å². The van der Waals surface area contributed by atoms with E-state index in [1.54, 1.807) is 42.0 Å². The molecule has 0 bridgehead atoms. The number of carboxylic acids is 1. The summed E-state index contributed by atoms with van der Waals surface area (Å²) in [5.41, 5.74) is 2.48. The van der Waals surface area contributed by atoms with Crippen molar-refractivity contribution in [2.75, 3.05) is 7.11 Å². The number of aryl methyl sites for hydroxylation is 1. The Labute approximate surface area is 187 Å². The predicted octanol–water partition coefficient (Wildman–Crippen LogP) is 5.38. The number of benzene rings is 2. The molecule has 3 aromatic rings. The normalized spacial score (nSPS) is 11.0. The van der Waals surface area contributed by atoms with E-state index in [1.807, 2.05) is 36.4 Å². The summed E-state index contributed by atoms with van der Waals surface area (Å²) in [6.07, 6.45) is 4.30. The van der Waals surface area contributed by atoms with Crippen molar-refractivity contribution in [1.82, 2.24) is 4.57 Å². The Morgan fingerprint density at radius 1 is 1.17 bits per heavy atom. The highest BCUT2D eigenvalue weighted by Crippen LogP contribution is 2.22. The third kappa shape index (κ3) is 5.20. The third-order valence-corrected chi connectivity index (χ3v) is 5.50. The van der Waals surface area contributed by atoms with Crippen LogP contribution in [-0.4, -0.2) is 22.8 Å². The lowest BCUT2D eigenvalue weighted by atomic mass is 10.1. The monoisotopic (exact) mass is 487 g/mol. The van der Waals surface area contributed by atoms with E-state index < -0.39 is 5.97 Å². The van der Waals surface area contributed by atoms with E-state index in [1.165, 1.54) is 0 Å². The fraction of sp³-hybridized carbons (Fsp3) is 0.130. The van der Waals surface area contributed by atoms with Gasteiger partial charge in [0.2, 0.25) is 0 Å². The maximum atomic E-state index is 12.7. The van der Waals surface area contributed by atoms with E-state index >= 15 is 0 Å². The van der Waals surface area contributed by atoms with Crippen molar-refractivity contribution in [1.29, 1.82) is 0 Å². The van der Waals surface area contributed by atoms with Crippen molar-refractivity contribution in [3.05, 3.63) is 96.8 Å². The first-order valence-electron chi connectivity index (χ1n) is 9.12. The van der Waals surface area contributed by atoms with E-state index in [9.17, 15) is 9.59 Å². The molecule has 1 N–H and O–H groups in total. The van der Waals surface area contributed by atoms with Crippen LogP contribution in [0.25, 0.3) is 12.2 Å². The van der Waals surface area contributed by atoms with Crippen molar-refractivity contribution in [2.45, 2.75) is 13.0 Å². The highest BCUT2D eigenvalue weighted by molar-refractivity contribution is 9.10. The Hall–Kier alpha value is -2.83. The average Bonchev–Trinajstić information content (AvgIpc) is 2.75. The first kappa shape index (κ1) is 21.9. The topological polar surface area (TPSA) is 68.5 Å². The SMILES string of the molecule is COc1cccc(C=Cc2c(Br)cc(Cl)c(=O)n2CCc2ccc(C(=O)O)cc2)c1. The van der Waals surface area contributed by atoms with Gasteiger partial charge in [0.05, 0.1) is 18.4 Å². The van der Waals surface area contributed by atoms with Crippen molar-refractivity contribution >= 4 is 45.7 Å². The minimum Gasteiger partial charge on any atom is -0.497 e. The molecule has 0 saturated carbocycles. The van der Waals surface area contributed by atoms with Gasteiger partial charge in [0.1, 0.15) is 10.8 Å². The molecule has 0 saturated heterocycles. The Bertz CT molecular complexity index is 1150. The molecule has 0 spiro atoms. The van der Waals surface area contributed by atoms with Gasteiger partial charge in [-0.15, -0.1) is 0 Å². The van der Waals surface area contributed by atoms with E-state index in [0.29, 0.717) is 23.1 Å². The number of halogens is 2. The minimum absolute atomic E-state index is 0.127. The van der Waals surface area contributed by atoms with E-state index in [4.69, 9.17) is 21.4 Å². The first-order valence-corrected chi connectivity index (χ1v) is 10.3. The average molecular weight is 489 g/mol. The zero-order chi connectivity index (χ0) is 21.7. The molecule has 2 aromatic carbocycles. The number of hydrogen-bond donors (Lipinski definition) is 1. The molecule has 0 fully saturated rings. The summed E-state index contributed by atoms with van der Waals surface area (Å²) < 4.78 is 7.55. The van der Waals surface area contributed by atoms with Crippen LogP contribution in [0.5, 0.6) is 5.75 Å². The van der Waals surface area contributed by atoms with Crippen LogP contribution in [0, 0.1) is 0 Å². The molecule has 0 atom stereocenters. The lowest BCUT2D eigenvalue weighted by Gasteiger charge is -2.13. The molecule has 7 heteroatoms. The van der Waals surface area contributed by atoms with Crippen LogP contribution >= 0.6 is 27.5 Å². The van der Waals surface area contributed by atoms with Gasteiger partial charge in [-0.3, -0.25) is 4.79 Å². The summed E-state index contributed by atoms with van der Waals surface area (Å²) in [4.78, 5) is 23.7. The molecule has 0 aliphatic rings. The number of methoxy groups -OCH3 is 1. The number of nitrogens with zero attached hydrogens (tertiary/aromatic N) is 1. The maximum absolute atomic E-state index is 12.7. The van der Waals surface area contributed by atoms with Crippen LogP contribution in [0.4, 0.5) is 0 Å². The number of aromatic nitrogens is 1. The van der Waals surface area contributed by atoms with Crippen LogP contribution < -0.4 is 10.3 Å². The van der Waals surface area contributed by atoms with Gasteiger partial charge in [0.25, 0.3) is 5.56 Å². The fourth-order valence-corrected chi connectivity index (χ4v) is 3.90. The Morgan fingerprint density at radius 3 is 2.57 bits per heavy atom. The summed E-state index contributed by atoms with van der Waals surface area (Å²) in [6, 6.07) is 15.8. The van der Waals surface area contributed by atoms with Gasteiger partial charge >= 0.3 is 5.97 Å². The zero-order valence-corrected chi connectivity index (χ0v) is 18.5. The van der Waals surface area contributed by atoms with E-state index in [0.717, 1.165) is 16.9 Å². The van der Waals surface area contributed by atoms with Gasteiger partial charge < -0.3 is 14.4 Å². The summed E-state index contributed by atoms with van der Waals surface area (Å²) in [5.74, 6) is -0.226. The second kappa shape index (κ2) is 9.78. The largest absolute Gasteiger partial charge is 0.497 e. The number of ether oxygens (including phenoxy) is 1. The molecule has 1 heterocycles. The van der Waals surface area contributed by atoms with Crippen LogP contribution in [-0.2, 0) is 13.0 Å². The minimum atomic E-state index is -0.971. The second-order valence-electron chi connectivity index (χ2n) is 6.54. The summed E-state index contributed by atoms with van der Waals surface area (Å²) in [7, 11) is 1.61. The molecule has 0 unspecified atom stereocenters. The number of carboxylic acid groups (broad SMARTS) is 1. The smallest absolute Gasteiger partial charge is 0.335 e. The predicted molar refractivity (Wildman–Crippen MR) is 122 cm³/mol. The zero-order valence-electron chi connectivity index (χ0n) is 16.1. The molecule has 0 radical (unpaired) electrons. The van der Waals surface area contributed by atoms with Crippen LogP contribution in [0.1, 0.15) is 27.2 Å². The van der Waals surface area contributed by atoms with E-state index in [2.05, 4.69) is 15.9 Å². The second-order valence-corrected chi connectivity index (χ2v) is 7.81. The van der Waals surface area contributed by atoms with Crippen molar-refractivity contribution in [2.24, 2.45) is 0 Å². The summed E-state index contributed by atoms with van der Waals surface area (Å²) in [6.45, 7) is 0.391. The quantitative estimate of drug-likeness (QED) is 0.484. The molecular formula is C23H19BrClNO4. The molecule has 0 aliphatic carbocycles. The number of rotatable bonds is 7. The highest BCUT2D eigenvalue weighted by Gasteiger charge is 2.11. The molecule has 1 aromatic heterocycles. The summed E-state index contributed by atoms with van der Waals surface area (Å²) in [5, 5.41) is 9.15. The molecular weight excluding hydrogens is 470 g/mol. The van der Waals surface area contributed by atoms with Gasteiger partial charge in [0.15, 0.2) is 0 Å². The van der Waals surface area contributed by atoms with Gasteiger partial charge in [-0.1, -0.05) is 41.9 Å². The third-order valence-electron chi connectivity index (χ3n) is 4.59. The molecule has 5 nitrogen and oxygen atoms in total. The van der Waals surface area contributed by atoms with Crippen molar-refractivity contribution < 1.29 is 14.6 Å². The number of carbonyl (C=O) groups is 1. The summed E-state index contributed by atoms with van der Waals surface area (Å²) >= 11 is 9.62. The van der Waals surface area contributed by atoms with Gasteiger partial charge in [0, 0.05) is 11.0 Å². The van der Waals surface area contributed by atoms with Gasteiger partial charge in [-0.2, -0.15) is 0 Å². The fourth-order valence-electron chi connectivity index (χ4n) is 2.98. The molecule has 0 aliphatic heterocycles. The Kier molecular flexibility index (Phi) is 7.13.